The lowest BCUT2D eigenvalue weighted by Crippen LogP contribution is -2.33. The van der Waals surface area contributed by atoms with Gasteiger partial charge in [0.25, 0.3) is 0 Å². The van der Waals surface area contributed by atoms with Gasteiger partial charge in [0.05, 0.1) is 53.3 Å². The van der Waals surface area contributed by atoms with E-state index in [1.807, 2.05) is 0 Å². The molecule has 6 rings (SSSR count). The molecule has 1 aliphatic rings. The molecule has 216 valence electrons. The van der Waals surface area contributed by atoms with Crippen LogP contribution >= 0.6 is 0 Å². The molecule has 3 aromatic heterocycles. The maximum absolute atomic E-state index is 15.2. The number of hydrogen-bond donors (Lipinski definition) is 0. The molecule has 0 radical (unpaired) electrons. The molecular weight excluding hydrogens is 570 g/mol. The van der Waals surface area contributed by atoms with Crippen molar-refractivity contribution in [1.82, 2.24) is 33.0 Å². The Kier molecular flexibility index (Phi) is 6.74. The van der Waals surface area contributed by atoms with Crippen LogP contribution in [0.15, 0.2) is 47.7 Å². The van der Waals surface area contributed by atoms with Gasteiger partial charge in [0.2, 0.25) is 16.0 Å². The fraction of sp³-hybridized carbons (Fsp3) is 0.296. The molecule has 4 heterocycles. The number of halogens is 2. The fourth-order valence-corrected chi connectivity index (χ4v) is 5.66. The molecule has 0 unspecified atom stereocenters. The van der Waals surface area contributed by atoms with Gasteiger partial charge < -0.3 is 4.74 Å². The van der Waals surface area contributed by atoms with Gasteiger partial charge in [-0.15, -0.1) is 0 Å². The second-order valence-electron chi connectivity index (χ2n) is 9.98. The number of rotatable bonds is 7. The molecular formula is C27H24F2N8O4S. The van der Waals surface area contributed by atoms with Gasteiger partial charge in [-0.1, -0.05) is 0 Å². The number of fused-ring (bicyclic) bond motifs is 3. The zero-order valence-electron chi connectivity index (χ0n) is 22.5. The molecule has 0 fully saturated rings. The minimum Gasteiger partial charge on any atom is -0.490 e. The van der Waals surface area contributed by atoms with Gasteiger partial charge in [-0.2, -0.15) is 10.2 Å². The zero-order chi connectivity index (χ0) is 29.8. The standard InChI is InChI=1S/C27H24F2N8O4S/c1-34(42(2,39)40)9-3-10-35-22-14-31-26(36-15-32-19-7-4-16(13-30)12-21(19)36)33-25(22)37(27(35)38)20-8-11-41-24-18(29)6-5-17(28)23(20)24/h4-7,12,14-15,20H,3,8-11H2,1-2H3/t20-/m1/s1. The Labute approximate surface area is 238 Å². The van der Waals surface area contributed by atoms with Crippen molar-refractivity contribution in [2.24, 2.45) is 0 Å². The summed E-state index contributed by atoms with van der Waals surface area (Å²) in [6.45, 7) is 0.308. The van der Waals surface area contributed by atoms with E-state index in [9.17, 15) is 22.9 Å². The van der Waals surface area contributed by atoms with Crippen LogP contribution in [0, 0.1) is 23.0 Å². The lowest BCUT2D eigenvalue weighted by atomic mass is 9.99. The molecule has 5 aromatic rings. The molecule has 15 heteroatoms. The molecule has 12 nitrogen and oxygen atoms in total. The molecule has 1 atom stereocenters. The van der Waals surface area contributed by atoms with Crippen LogP contribution in [0.4, 0.5) is 8.78 Å². The van der Waals surface area contributed by atoms with Crippen molar-refractivity contribution < 1.29 is 21.9 Å². The molecule has 0 saturated carbocycles. The molecule has 42 heavy (non-hydrogen) atoms. The third kappa shape index (κ3) is 4.58. The summed E-state index contributed by atoms with van der Waals surface area (Å²) < 4.78 is 64.5. The van der Waals surface area contributed by atoms with E-state index in [0.717, 1.165) is 18.4 Å². The van der Waals surface area contributed by atoms with Gasteiger partial charge in [0, 0.05) is 26.6 Å². The summed E-state index contributed by atoms with van der Waals surface area (Å²) in [4.78, 5) is 27.5. The molecule has 0 bridgehead atoms. The van der Waals surface area contributed by atoms with Crippen LogP contribution in [0.25, 0.3) is 28.1 Å². The van der Waals surface area contributed by atoms with Crippen LogP contribution in [-0.4, -0.2) is 67.8 Å². The highest BCUT2D eigenvalue weighted by atomic mass is 32.2. The second-order valence-corrected chi connectivity index (χ2v) is 12.1. The van der Waals surface area contributed by atoms with Crippen molar-refractivity contribution >= 4 is 32.2 Å². The van der Waals surface area contributed by atoms with Crippen molar-refractivity contribution in [2.45, 2.75) is 25.4 Å². The molecule has 0 saturated heterocycles. The third-order valence-corrected chi connectivity index (χ3v) is 8.70. The fourth-order valence-electron chi connectivity index (χ4n) is 5.20. The summed E-state index contributed by atoms with van der Waals surface area (Å²) in [5, 5.41) is 9.37. The number of imidazole rings is 2. The number of aromatic nitrogens is 6. The highest BCUT2D eigenvalue weighted by Crippen LogP contribution is 2.39. The number of aryl methyl sites for hydroxylation is 1. The Hall–Kier alpha value is -4.68. The lowest BCUT2D eigenvalue weighted by Gasteiger charge is -2.27. The lowest BCUT2D eigenvalue weighted by molar-refractivity contribution is 0.238. The summed E-state index contributed by atoms with van der Waals surface area (Å²) in [5.41, 5.74) is 1.43. The maximum atomic E-state index is 15.2. The molecule has 0 spiro atoms. The summed E-state index contributed by atoms with van der Waals surface area (Å²) in [6, 6.07) is 8.08. The monoisotopic (exact) mass is 594 g/mol. The van der Waals surface area contributed by atoms with E-state index < -0.39 is 33.4 Å². The number of hydrogen-bond acceptors (Lipinski definition) is 8. The van der Waals surface area contributed by atoms with Crippen LogP contribution < -0.4 is 10.4 Å². The highest BCUT2D eigenvalue weighted by molar-refractivity contribution is 7.88. The third-order valence-electron chi connectivity index (χ3n) is 7.38. The first-order valence-electron chi connectivity index (χ1n) is 13.0. The van der Waals surface area contributed by atoms with Crippen molar-refractivity contribution in [3.8, 4) is 17.8 Å². The SMILES string of the molecule is CN(CCCn1c(=O)n([C@@H]2CCOc3c(F)ccc(F)c32)c2nc(-n3cnc4ccc(C#N)cc43)ncc21)S(C)(=O)=O. The molecule has 0 N–H and O–H groups in total. The van der Waals surface area contributed by atoms with Gasteiger partial charge in [0.1, 0.15) is 17.7 Å². The van der Waals surface area contributed by atoms with E-state index in [4.69, 9.17) is 9.72 Å². The van der Waals surface area contributed by atoms with Gasteiger partial charge in [0.15, 0.2) is 17.2 Å². The Morgan fingerprint density at radius 1 is 1.17 bits per heavy atom. The average molecular weight is 595 g/mol. The second kappa shape index (κ2) is 10.3. The van der Waals surface area contributed by atoms with Gasteiger partial charge in [-0.05, 0) is 36.8 Å². The number of benzene rings is 2. The molecule has 1 aliphatic heterocycles. The number of nitrogens with zero attached hydrogens (tertiary/aromatic N) is 8. The Morgan fingerprint density at radius 3 is 2.71 bits per heavy atom. The van der Waals surface area contributed by atoms with E-state index >= 15 is 4.39 Å². The average Bonchev–Trinajstić information content (AvgIpc) is 3.51. The zero-order valence-corrected chi connectivity index (χ0v) is 23.3. The normalized spacial score (nSPS) is 15.2. The van der Waals surface area contributed by atoms with Crippen molar-refractivity contribution in [3.05, 3.63) is 76.1 Å². The van der Waals surface area contributed by atoms with E-state index in [1.54, 1.807) is 22.8 Å². The number of ether oxygens (including phenoxy) is 1. The molecule has 0 amide bonds. The van der Waals surface area contributed by atoms with Crippen LogP contribution in [0.5, 0.6) is 5.75 Å². The maximum Gasteiger partial charge on any atom is 0.330 e. The Balaban J connectivity index is 1.53. The van der Waals surface area contributed by atoms with Crippen LogP contribution in [0.3, 0.4) is 0 Å². The highest BCUT2D eigenvalue weighted by Gasteiger charge is 2.33. The first kappa shape index (κ1) is 27.5. The smallest absolute Gasteiger partial charge is 0.330 e. The van der Waals surface area contributed by atoms with Crippen molar-refractivity contribution in [1.29, 1.82) is 5.26 Å². The van der Waals surface area contributed by atoms with E-state index in [2.05, 4.69) is 16.0 Å². The van der Waals surface area contributed by atoms with Crippen LogP contribution in [-0.2, 0) is 16.6 Å². The summed E-state index contributed by atoms with van der Waals surface area (Å²) in [5.74, 6) is -1.58. The Bertz CT molecular complexity index is 2080. The topological polar surface area (TPSA) is 141 Å². The quantitative estimate of drug-likeness (QED) is 0.280. The van der Waals surface area contributed by atoms with E-state index in [0.29, 0.717) is 28.5 Å². The predicted molar refractivity (Wildman–Crippen MR) is 148 cm³/mol. The first-order chi connectivity index (χ1) is 20.1. The van der Waals surface area contributed by atoms with Crippen molar-refractivity contribution in [3.63, 3.8) is 0 Å². The van der Waals surface area contributed by atoms with Gasteiger partial charge >= 0.3 is 5.69 Å². The number of sulfonamides is 1. The minimum atomic E-state index is -3.42. The van der Waals surface area contributed by atoms with Crippen LogP contribution in [0.2, 0.25) is 0 Å². The molecule has 0 aliphatic carbocycles. The van der Waals surface area contributed by atoms with Gasteiger partial charge in [-0.3, -0.25) is 13.7 Å². The summed E-state index contributed by atoms with van der Waals surface area (Å²) in [7, 11) is -1.98. The van der Waals surface area contributed by atoms with Crippen molar-refractivity contribution in [2.75, 3.05) is 26.5 Å². The predicted octanol–water partition coefficient (Wildman–Crippen LogP) is 2.74. The van der Waals surface area contributed by atoms with E-state index in [1.165, 1.54) is 33.0 Å². The Morgan fingerprint density at radius 2 is 1.95 bits per heavy atom. The number of nitriles is 1. The largest absolute Gasteiger partial charge is 0.490 e. The summed E-state index contributed by atoms with van der Waals surface area (Å²) in [6.07, 6.45) is 4.50. The van der Waals surface area contributed by atoms with Gasteiger partial charge in [-0.25, -0.2) is 36.3 Å². The minimum absolute atomic E-state index is 0.0390. The first-order valence-corrected chi connectivity index (χ1v) is 14.8. The summed E-state index contributed by atoms with van der Waals surface area (Å²) >= 11 is 0. The van der Waals surface area contributed by atoms with Crippen LogP contribution in [0.1, 0.15) is 30.0 Å². The molecule has 2 aromatic carbocycles. The van der Waals surface area contributed by atoms with E-state index in [-0.39, 0.29) is 49.0 Å².